The quantitative estimate of drug-likeness (QED) is 0.567. The Balaban J connectivity index is 2.96. The first-order valence-corrected chi connectivity index (χ1v) is 6.78. The molecule has 0 N–H and O–H groups in total. The SMILES string of the molecule is CCCOc1ccc(OC(=O)CC)c(OC(=O)CC)c1. The molecule has 0 atom stereocenters. The molecular weight excluding hydrogens is 260 g/mol. The van der Waals surface area contributed by atoms with Crippen molar-refractivity contribution in [1.29, 1.82) is 0 Å². The van der Waals surface area contributed by atoms with E-state index in [4.69, 9.17) is 14.2 Å². The molecular formula is C15H20O5. The lowest BCUT2D eigenvalue weighted by Crippen LogP contribution is -2.10. The summed E-state index contributed by atoms with van der Waals surface area (Å²) >= 11 is 0. The fourth-order valence-corrected chi connectivity index (χ4v) is 1.35. The van der Waals surface area contributed by atoms with Crippen molar-refractivity contribution >= 4 is 11.9 Å². The molecule has 1 rings (SSSR count). The van der Waals surface area contributed by atoms with Crippen LogP contribution in [0.5, 0.6) is 17.2 Å². The van der Waals surface area contributed by atoms with E-state index in [9.17, 15) is 9.59 Å². The van der Waals surface area contributed by atoms with Crippen molar-refractivity contribution < 1.29 is 23.8 Å². The lowest BCUT2D eigenvalue weighted by atomic mass is 10.3. The van der Waals surface area contributed by atoms with Crippen LogP contribution in [0.1, 0.15) is 40.0 Å². The molecule has 0 bridgehead atoms. The van der Waals surface area contributed by atoms with Crippen molar-refractivity contribution in [3.05, 3.63) is 18.2 Å². The Labute approximate surface area is 118 Å². The van der Waals surface area contributed by atoms with E-state index in [1.165, 1.54) is 0 Å². The van der Waals surface area contributed by atoms with Crippen molar-refractivity contribution in [3.63, 3.8) is 0 Å². The highest BCUT2D eigenvalue weighted by atomic mass is 16.6. The number of carbonyl (C=O) groups is 2. The van der Waals surface area contributed by atoms with E-state index in [1.807, 2.05) is 6.92 Å². The van der Waals surface area contributed by atoms with Crippen LogP contribution in [0.4, 0.5) is 0 Å². The first-order valence-electron chi connectivity index (χ1n) is 6.78. The van der Waals surface area contributed by atoms with E-state index in [1.54, 1.807) is 32.0 Å². The number of rotatable bonds is 7. The maximum absolute atomic E-state index is 11.4. The van der Waals surface area contributed by atoms with E-state index < -0.39 is 5.97 Å². The molecule has 1 aromatic carbocycles. The van der Waals surface area contributed by atoms with E-state index in [2.05, 4.69) is 0 Å². The van der Waals surface area contributed by atoms with Crippen LogP contribution in [0.2, 0.25) is 0 Å². The van der Waals surface area contributed by atoms with Crippen LogP contribution in [0.25, 0.3) is 0 Å². The highest BCUT2D eigenvalue weighted by Crippen LogP contribution is 2.32. The van der Waals surface area contributed by atoms with Crippen LogP contribution in [0.15, 0.2) is 18.2 Å². The molecule has 20 heavy (non-hydrogen) atoms. The van der Waals surface area contributed by atoms with Crippen molar-refractivity contribution in [2.75, 3.05) is 6.61 Å². The maximum Gasteiger partial charge on any atom is 0.311 e. The number of benzene rings is 1. The van der Waals surface area contributed by atoms with Gasteiger partial charge in [-0.05, 0) is 18.6 Å². The molecule has 1 aromatic rings. The first-order chi connectivity index (χ1) is 9.60. The van der Waals surface area contributed by atoms with Crippen molar-refractivity contribution in [2.24, 2.45) is 0 Å². The minimum absolute atomic E-state index is 0.201. The molecule has 0 aliphatic rings. The second kappa shape index (κ2) is 8.19. The van der Waals surface area contributed by atoms with Gasteiger partial charge in [-0.3, -0.25) is 9.59 Å². The highest BCUT2D eigenvalue weighted by molar-refractivity contribution is 5.76. The Morgan fingerprint density at radius 2 is 1.55 bits per heavy atom. The summed E-state index contributed by atoms with van der Waals surface area (Å²) in [5.41, 5.74) is 0. The standard InChI is InChI=1S/C15H20O5/c1-4-9-18-11-7-8-12(19-14(16)5-2)13(10-11)20-15(17)6-3/h7-8,10H,4-6,9H2,1-3H3. The zero-order valence-electron chi connectivity index (χ0n) is 12.1. The summed E-state index contributed by atoms with van der Waals surface area (Å²) in [6.07, 6.45) is 1.35. The minimum atomic E-state index is -0.397. The average Bonchev–Trinajstić information content (AvgIpc) is 2.46. The van der Waals surface area contributed by atoms with Crippen molar-refractivity contribution in [2.45, 2.75) is 40.0 Å². The predicted molar refractivity (Wildman–Crippen MR) is 74.1 cm³/mol. The molecule has 0 amide bonds. The number of ether oxygens (including phenoxy) is 3. The summed E-state index contributed by atoms with van der Waals surface area (Å²) in [5, 5.41) is 0. The van der Waals surface area contributed by atoms with E-state index >= 15 is 0 Å². The molecule has 0 heterocycles. The Morgan fingerprint density at radius 3 is 2.10 bits per heavy atom. The predicted octanol–water partition coefficient (Wildman–Crippen LogP) is 3.11. The second-order valence-electron chi connectivity index (χ2n) is 4.11. The van der Waals surface area contributed by atoms with Gasteiger partial charge in [0.1, 0.15) is 5.75 Å². The fraction of sp³-hybridized carbons (Fsp3) is 0.467. The molecule has 0 fully saturated rings. The largest absolute Gasteiger partial charge is 0.493 e. The van der Waals surface area contributed by atoms with Crippen LogP contribution >= 0.6 is 0 Å². The summed E-state index contributed by atoms with van der Waals surface area (Å²) in [5.74, 6) is 0.212. The molecule has 0 aromatic heterocycles. The van der Waals surface area contributed by atoms with Crippen LogP contribution in [-0.4, -0.2) is 18.5 Å². The highest BCUT2D eigenvalue weighted by Gasteiger charge is 2.13. The number of hydrogen-bond acceptors (Lipinski definition) is 5. The smallest absolute Gasteiger partial charge is 0.311 e. The lowest BCUT2D eigenvalue weighted by molar-refractivity contribution is -0.136. The van der Waals surface area contributed by atoms with Gasteiger partial charge < -0.3 is 14.2 Å². The molecule has 0 aliphatic carbocycles. The zero-order valence-corrected chi connectivity index (χ0v) is 12.1. The molecule has 0 unspecified atom stereocenters. The number of carbonyl (C=O) groups excluding carboxylic acids is 2. The van der Waals surface area contributed by atoms with Crippen molar-refractivity contribution in [1.82, 2.24) is 0 Å². The maximum atomic E-state index is 11.4. The number of hydrogen-bond donors (Lipinski definition) is 0. The van der Waals surface area contributed by atoms with Crippen LogP contribution in [0.3, 0.4) is 0 Å². The molecule has 0 saturated carbocycles. The molecule has 0 saturated heterocycles. The third-order valence-corrected chi connectivity index (χ3v) is 2.41. The molecule has 110 valence electrons. The van der Waals surface area contributed by atoms with Gasteiger partial charge in [-0.2, -0.15) is 0 Å². The van der Waals surface area contributed by atoms with Gasteiger partial charge in [0.25, 0.3) is 0 Å². The van der Waals surface area contributed by atoms with Gasteiger partial charge in [0.2, 0.25) is 0 Å². The monoisotopic (exact) mass is 280 g/mol. The molecule has 5 nitrogen and oxygen atoms in total. The Kier molecular flexibility index (Phi) is 6.56. The van der Waals surface area contributed by atoms with Gasteiger partial charge in [-0.15, -0.1) is 0 Å². The second-order valence-corrected chi connectivity index (χ2v) is 4.11. The van der Waals surface area contributed by atoms with Gasteiger partial charge in [0, 0.05) is 18.9 Å². The molecule has 5 heteroatoms. The summed E-state index contributed by atoms with van der Waals surface area (Å²) in [4.78, 5) is 22.8. The normalized spacial score (nSPS) is 9.95. The number of esters is 2. The van der Waals surface area contributed by atoms with Crippen LogP contribution in [0, 0.1) is 0 Å². The van der Waals surface area contributed by atoms with Gasteiger partial charge in [-0.1, -0.05) is 20.8 Å². The van der Waals surface area contributed by atoms with Crippen molar-refractivity contribution in [3.8, 4) is 17.2 Å². The summed E-state index contributed by atoms with van der Waals surface area (Å²) in [7, 11) is 0. The summed E-state index contributed by atoms with van der Waals surface area (Å²) in [6, 6.07) is 4.80. The topological polar surface area (TPSA) is 61.8 Å². The zero-order chi connectivity index (χ0) is 15.0. The third-order valence-electron chi connectivity index (χ3n) is 2.41. The molecule has 0 aliphatic heterocycles. The summed E-state index contributed by atoms with van der Waals surface area (Å²) < 4.78 is 15.8. The third kappa shape index (κ3) is 4.91. The minimum Gasteiger partial charge on any atom is -0.493 e. The lowest BCUT2D eigenvalue weighted by Gasteiger charge is -2.12. The molecule has 0 spiro atoms. The molecule has 0 radical (unpaired) electrons. The van der Waals surface area contributed by atoms with Gasteiger partial charge in [0.05, 0.1) is 6.61 Å². The van der Waals surface area contributed by atoms with Crippen LogP contribution in [-0.2, 0) is 9.59 Å². The Bertz CT molecular complexity index is 467. The Morgan fingerprint density at radius 1 is 0.950 bits per heavy atom. The first kappa shape index (κ1) is 16.0. The van der Waals surface area contributed by atoms with Gasteiger partial charge >= 0.3 is 11.9 Å². The van der Waals surface area contributed by atoms with E-state index in [-0.39, 0.29) is 30.3 Å². The van der Waals surface area contributed by atoms with E-state index in [0.717, 1.165) is 6.42 Å². The van der Waals surface area contributed by atoms with E-state index in [0.29, 0.717) is 12.4 Å². The summed E-state index contributed by atoms with van der Waals surface area (Å²) in [6.45, 7) is 5.95. The van der Waals surface area contributed by atoms with Gasteiger partial charge in [0.15, 0.2) is 11.5 Å². The Hall–Kier alpha value is -2.04. The van der Waals surface area contributed by atoms with Crippen LogP contribution < -0.4 is 14.2 Å². The fourth-order valence-electron chi connectivity index (χ4n) is 1.35. The average molecular weight is 280 g/mol. The van der Waals surface area contributed by atoms with Gasteiger partial charge in [-0.25, -0.2) is 0 Å².